The number of carbonyl (C=O) groups is 1. The number of hydrogen-bond donors (Lipinski definition) is 2. The molecule has 0 radical (unpaired) electrons. The van der Waals surface area contributed by atoms with Crippen LogP contribution in [0.15, 0.2) is 18.2 Å². The molecule has 3 nitrogen and oxygen atoms in total. The number of nitrogens with one attached hydrogen (secondary N) is 1. The molecule has 2 N–H and O–H groups in total. The van der Waals surface area contributed by atoms with Crippen LogP contribution in [-0.4, -0.2) is 35.7 Å². The van der Waals surface area contributed by atoms with Crippen molar-refractivity contribution in [3.05, 3.63) is 33.8 Å². The van der Waals surface area contributed by atoms with Crippen molar-refractivity contribution >= 4 is 40.9 Å². The van der Waals surface area contributed by atoms with Gasteiger partial charge in [0.15, 0.2) is 0 Å². The van der Waals surface area contributed by atoms with Gasteiger partial charge in [-0.25, -0.2) is 0 Å². The largest absolute Gasteiger partial charge is 0.396 e. The molecule has 0 aromatic heterocycles. The maximum atomic E-state index is 12.0. The van der Waals surface area contributed by atoms with Gasteiger partial charge in [-0.3, -0.25) is 4.79 Å². The SMILES string of the molecule is O=C(NCCSCCCO)C1CC1c1cccc(Cl)c1Cl. The normalized spacial score (nSPS) is 20.3. The average Bonchev–Trinajstić information content (AvgIpc) is 3.26. The van der Waals surface area contributed by atoms with Gasteiger partial charge in [0.25, 0.3) is 0 Å². The number of amides is 1. The topological polar surface area (TPSA) is 49.3 Å². The number of rotatable bonds is 8. The van der Waals surface area contributed by atoms with Crippen molar-refractivity contribution in [1.82, 2.24) is 5.32 Å². The molecule has 1 aromatic carbocycles. The van der Waals surface area contributed by atoms with E-state index >= 15 is 0 Å². The van der Waals surface area contributed by atoms with Gasteiger partial charge in [0.1, 0.15) is 0 Å². The summed E-state index contributed by atoms with van der Waals surface area (Å²) in [6.45, 7) is 0.894. The zero-order chi connectivity index (χ0) is 15.2. The molecule has 2 unspecified atom stereocenters. The van der Waals surface area contributed by atoms with E-state index in [1.807, 2.05) is 12.1 Å². The third kappa shape index (κ3) is 4.78. The van der Waals surface area contributed by atoms with E-state index in [1.165, 1.54) is 0 Å². The van der Waals surface area contributed by atoms with E-state index in [9.17, 15) is 4.79 Å². The number of carbonyl (C=O) groups excluding carboxylic acids is 1. The number of halogens is 2. The highest BCUT2D eigenvalue weighted by Crippen LogP contribution is 2.50. The molecule has 1 aliphatic carbocycles. The van der Waals surface area contributed by atoms with Crippen molar-refractivity contribution in [2.24, 2.45) is 5.92 Å². The summed E-state index contributed by atoms with van der Waals surface area (Å²) in [7, 11) is 0. The molecule has 0 bridgehead atoms. The number of hydrogen-bond acceptors (Lipinski definition) is 3. The number of aliphatic hydroxyl groups is 1. The van der Waals surface area contributed by atoms with Gasteiger partial charge in [0, 0.05) is 24.8 Å². The van der Waals surface area contributed by atoms with E-state index in [0.717, 1.165) is 29.9 Å². The van der Waals surface area contributed by atoms with Gasteiger partial charge in [0.2, 0.25) is 5.91 Å². The molecular weight excluding hydrogens is 329 g/mol. The number of thioether (sulfide) groups is 1. The van der Waals surface area contributed by atoms with Gasteiger partial charge in [-0.2, -0.15) is 11.8 Å². The first-order valence-electron chi connectivity index (χ1n) is 7.05. The fourth-order valence-electron chi connectivity index (χ4n) is 2.28. The molecule has 6 heteroatoms. The van der Waals surface area contributed by atoms with Gasteiger partial charge in [0.05, 0.1) is 10.0 Å². The van der Waals surface area contributed by atoms with Gasteiger partial charge >= 0.3 is 0 Å². The summed E-state index contributed by atoms with van der Waals surface area (Å²) in [6.07, 6.45) is 1.64. The molecule has 116 valence electrons. The van der Waals surface area contributed by atoms with Crippen LogP contribution in [0.1, 0.15) is 24.3 Å². The lowest BCUT2D eigenvalue weighted by molar-refractivity contribution is -0.122. The molecule has 0 aliphatic heterocycles. The molecule has 2 rings (SSSR count). The van der Waals surface area contributed by atoms with Crippen LogP contribution in [0.3, 0.4) is 0 Å². The Morgan fingerprint density at radius 1 is 1.38 bits per heavy atom. The zero-order valence-electron chi connectivity index (χ0n) is 11.6. The highest BCUT2D eigenvalue weighted by Gasteiger charge is 2.44. The van der Waals surface area contributed by atoms with Crippen LogP contribution in [0.25, 0.3) is 0 Å². The maximum Gasteiger partial charge on any atom is 0.223 e. The summed E-state index contributed by atoms with van der Waals surface area (Å²) >= 11 is 13.9. The van der Waals surface area contributed by atoms with Gasteiger partial charge in [-0.05, 0) is 36.1 Å². The Hall–Kier alpha value is -0.420. The molecule has 0 spiro atoms. The molecule has 0 saturated heterocycles. The Morgan fingerprint density at radius 3 is 2.95 bits per heavy atom. The second kappa shape index (κ2) is 8.28. The molecule has 1 aromatic rings. The minimum absolute atomic E-state index is 0.0170. The van der Waals surface area contributed by atoms with E-state index in [4.69, 9.17) is 28.3 Å². The maximum absolute atomic E-state index is 12.0. The Morgan fingerprint density at radius 2 is 2.19 bits per heavy atom. The summed E-state index contributed by atoms with van der Waals surface area (Å²) in [4.78, 5) is 12.0. The summed E-state index contributed by atoms with van der Waals surface area (Å²) < 4.78 is 0. The van der Waals surface area contributed by atoms with E-state index in [2.05, 4.69) is 5.32 Å². The van der Waals surface area contributed by atoms with Gasteiger partial charge in [-0.15, -0.1) is 0 Å². The first-order valence-corrected chi connectivity index (χ1v) is 8.96. The quantitative estimate of drug-likeness (QED) is 0.709. The zero-order valence-corrected chi connectivity index (χ0v) is 14.0. The predicted molar refractivity (Wildman–Crippen MR) is 89.3 cm³/mol. The van der Waals surface area contributed by atoms with Crippen molar-refractivity contribution in [2.45, 2.75) is 18.8 Å². The molecule has 1 amide bonds. The fraction of sp³-hybridized carbons (Fsp3) is 0.533. The summed E-state index contributed by atoms with van der Waals surface area (Å²) in [5.74, 6) is 2.11. The van der Waals surface area contributed by atoms with Crippen molar-refractivity contribution < 1.29 is 9.90 Å². The van der Waals surface area contributed by atoms with Gasteiger partial charge < -0.3 is 10.4 Å². The Balaban J connectivity index is 1.73. The molecule has 1 saturated carbocycles. The smallest absolute Gasteiger partial charge is 0.223 e. The number of benzene rings is 1. The Bertz CT molecular complexity index is 499. The van der Waals surface area contributed by atoms with Crippen LogP contribution >= 0.6 is 35.0 Å². The van der Waals surface area contributed by atoms with E-state index < -0.39 is 0 Å². The second-order valence-corrected chi connectivity index (χ2v) is 7.08. The standard InChI is InChI=1S/C15H19Cl2NO2S/c16-13-4-1-3-10(14(13)17)11-9-12(11)15(20)18-5-8-21-7-2-6-19/h1,3-4,11-12,19H,2,5-9H2,(H,18,20). The summed E-state index contributed by atoms with van der Waals surface area (Å²) in [6, 6.07) is 5.57. The number of aliphatic hydroxyl groups excluding tert-OH is 1. The molecule has 2 atom stereocenters. The minimum atomic E-state index is 0.0170. The predicted octanol–water partition coefficient (Wildman–Crippen LogP) is 3.33. The summed E-state index contributed by atoms with van der Waals surface area (Å²) in [5, 5.41) is 12.7. The molecule has 1 fully saturated rings. The monoisotopic (exact) mass is 347 g/mol. The highest BCUT2D eigenvalue weighted by atomic mass is 35.5. The van der Waals surface area contributed by atoms with Crippen LogP contribution in [-0.2, 0) is 4.79 Å². The molecule has 1 aliphatic rings. The lowest BCUT2D eigenvalue weighted by atomic mass is 10.1. The van der Waals surface area contributed by atoms with Crippen molar-refractivity contribution in [3.63, 3.8) is 0 Å². The molecule has 21 heavy (non-hydrogen) atoms. The lowest BCUT2D eigenvalue weighted by Crippen LogP contribution is -2.27. The van der Waals surface area contributed by atoms with Crippen LogP contribution in [0.4, 0.5) is 0 Å². The van der Waals surface area contributed by atoms with Crippen molar-refractivity contribution in [1.29, 1.82) is 0 Å². The van der Waals surface area contributed by atoms with Gasteiger partial charge in [-0.1, -0.05) is 35.3 Å². The Labute approximate surface area is 139 Å². The van der Waals surface area contributed by atoms with Crippen molar-refractivity contribution in [3.8, 4) is 0 Å². The van der Waals surface area contributed by atoms with E-state index in [0.29, 0.717) is 16.6 Å². The van der Waals surface area contributed by atoms with Crippen LogP contribution < -0.4 is 5.32 Å². The highest BCUT2D eigenvalue weighted by molar-refractivity contribution is 7.99. The summed E-state index contributed by atoms with van der Waals surface area (Å²) in [5.41, 5.74) is 0.974. The van der Waals surface area contributed by atoms with Crippen LogP contribution in [0.5, 0.6) is 0 Å². The first kappa shape index (κ1) is 16.9. The van der Waals surface area contributed by atoms with Crippen molar-refractivity contribution in [2.75, 3.05) is 24.7 Å². The third-order valence-corrected chi connectivity index (χ3v) is 5.40. The van der Waals surface area contributed by atoms with E-state index in [-0.39, 0.29) is 24.3 Å². The fourth-order valence-corrected chi connectivity index (χ4v) is 3.51. The van der Waals surface area contributed by atoms with Crippen LogP contribution in [0.2, 0.25) is 10.0 Å². The first-order chi connectivity index (χ1) is 10.1. The second-order valence-electron chi connectivity index (χ2n) is 5.07. The average molecular weight is 348 g/mol. The minimum Gasteiger partial charge on any atom is -0.396 e. The third-order valence-electron chi connectivity index (χ3n) is 3.50. The molecule has 0 heterocycles. The van der Waals surface area contributed by atoms with Crippen LogP contribution in [0, 0.1) is 5.92 Å². The lowest BCUT2D eigenvalue weighted by Gasteiger charge is -2.06. The van der Waals surface area contributed by atoms with E-state index in [1.54, 1.807) is 17.8 Å². The Kier molecular flexibility index (Phi) is 6.68. The molecular formula is C15H19Cl2NO2S.